The highest BCUT2D eigenvalue weighted by Crippen LogP contribution is 2.15. The largest absolute Gasteiger partial charge is 0.478 e. The second-order valence-electron chi connectivity index (χ2n) is 4.62. The zero-order chi connectivity index (χ0) is 13.7. The highest BCUT2D eigenvalue weighted by Gasteiger charge is 2.17. The maximum Gasteiger partial charge on any atom is 0.337 e. The van der Waals surface area contributed by atoms with Crippen molar-refractivity contribution in [1.82, 2.24) is 4.90 Å². The standard InChI is InChI=1S/C14H18N2O3/c17-13(16-9-3-4-10-16)7-8-15-12-6-2-1-5-11(12)14(18)19/h1-2,5-6,15H,3-4,7-10H2,(H,18,19). The van der Waals surface area contributed by atoms with Gasteiger partial charge in [0.2, 0.25) is 5.91 Å². The Kier molecular flexibility index (Phi) is 4.39. The van der Waals surface area contributed by atoms with Crippen molar-refractivity contribution in [3.05, 3.63) is 29.8 Å². The highest BCUT2D eigenvalue weighted by molar-refractivity contribution is 5.94. The van der Waals surface area contributed by atoms with Gasteiger partial charge in [0, 0.05) is 31.7 Å². The minimum Gasteiger partial charge on any atom is -0.478 e. The Bertz CT molecular complexity index is 468. The first kappa shape index (κ1) is 13.4. The van der Waals surface area contributed by atoms with Crippen LogP contribution >= 0.6 is 0 Å². The van der Waals surface area contributed by atoms with Crippen LogP contribution in [0.25, 0.3) is 0 Å². The van der Waals surface area contributed by atoms with Gasteiger partial charge in [-0.1, -0.05) is 12.1 Å². The number of rotatable bonds is 5. The van der Waals surface area contributed by atoms with Crippen molar-refractivity contribution in [2.75, 3.05) is 25.0 Å². The molecule has 19 heavy (non-hydrogen) atoms. The van der Waals surface area contributed by atoms with Crippen molar-refractivity contribution in [3.63, 3.8) is 0 Å². The van der Waals surface area contributed by atoms with Gasteiger partial charge >= 0.3 is 5.97 Å². The smallest absolute Gasteiger partial charge is 0.337 e. The molecule has 1 aromatic carbocycles. The van der Waals surface area contributed by atoms with Gasteiger partial charge < -0.3 is 15.3 Å². The first-order chi connectivity index (χ1) is 9.18. The van der Waals surface area contributed by atoms with Gasteiger partial charge in [0.1, 0.15) is 0 Å². The molecule has 1 aliphatic rings. The number of carboxylic acids is 1. The van der Waals surface area contributed by atoms with Gasteiger partial charge in [-0.3, -0.25) is 4.79 Å². The first-order valence-corrected chi connectivity index (χ1v) is 6.52. The SMILES string of the molecule is O=C(O)c1ccccc1NCCC(=O)N1CCCC1. The lowest BCUT2D eigenvalue weighted by atomic mass is 10.2. The van der Waals surface area contributed by atoms with Crippen LogP contribution in [0.15, 0.2) is 24.3 Å². The number of carboxylic acid groups (broad SMARTS) is 1. The lowest BCUT2D eigenvalue weighted by molar-refractivity contribution is -0.129. The third-order valence-corrected chi connectivity index (χ3v) is 3.27. The van der Waals surface area contributed by atoms with E-state index in [1.807, 2.05) is 4.90 Å². The van der Waals surface area contributed by atoms with Gasteiger partial charge in [-0.2, -0.15) is 0 Å². The van der Waals surface area contributed by atoms with Crippen LogP contribution in [0.1, 0.15) is 29.6 Å². The number of nitrogens with one attached hydrogen (secondary N) is 1. The molecule has 1 aromatic rings. The zero-order valence-electron chi connectivity index (χ0n) is 10.8. The van der Waals surface area contributed by atoms with E-state index in [1.165, 1.54) is 0 Å². The Morgan fingerprint density at radius 1 is 1.21 bits per heavy atom. The van der Waals surface area contributed by atoms with Crippen molar-refractivity contribution in [3.8, 4) is 0 Å². The molecule has 0 spiro atoms. The van der Waals surface area contributed by atoms with Gasteiger partial charge in [-0.25, -0.2) is 4.79 Å². The number of nitrogens with zero attached hydrogens (tertiary/aromatic N) is 1. The molecule has 1 heterocycles. The summed E-state index contributed by atoms with van der Waals surface area (Å²) in [4.78, 5) is 24.7. The van der Waals surface area contributed by atoms with E-state index in [0.29, 0.717) is 18.7 Å². The van der Waals surface area contributed by atoms with E-state index >= 15 is 0 Å². The van der Waals surface area contributed by atoms with Crippen molar-refractivity contribution in [1.29, 1.82) is 0 Å². The first-order valence-electron chi connectivity index (χ1n) is 6.52. The van der Waals surface area contributed by atoms with Crippen LogP contribution < -0.4 is 5.32 Å². The van der Waals surface area contributed by atoms with Gasteiger partial charge in [-0.05, 0) is 25.0 Å². The van der Waals surface area contributed by atoms with Crippen molar-refractivity contribution in [2.45, 2.75) is 19.3 Å². The molecule has 0 aromatic heterocycles. The molecular formula is C14H18N2O3. The molecule has 2 rings (SSSR count). The fraction of sp³-hybridized carbons (Fsp3) is 0.429. The van der Waals surface area contributed by atoms with E-state index in [9.17, 15) is 9.59 Å². The molecule has 1 saturated heterocycles. The van der Waals surface area contributed by atoms with Crippen LogP contribution in [0, 0.1) is 0 Å². The molecule has 0 radical (unpaired) electrons. The van der Waals surface area contributed by atoms with E-state index in [-0.39, 0.29) is 11.5 Å². The van der Waals surface area contributed by atoms with Crippen LogP contribution in [-0.4, -0.2) is 41.5 Å². The summed E-state index contributed by atoms with van der Waals surface area (Å²) in [5.74, 6) is -0.827. The number of amides is 1. The number of hydrogen-bond acceptors (Lipinski definition) is 3. The summed E-state index contributed by atoms with van der Waals surface area (Å²) in [6.45, 7) is 2.16. The topological polar surface area (TPSA) is 69.6 Å². The average molecular weight is 262 g/mol. The van der Waals surface area contributed by atoms with Gasteiger partial charge in [-0.15, -0.1) is 0 Å². The molecule has 5 heteroatoms. The van der Waals surface area contributed by atoms with Crippen LogP contribution in [0.5, 0.6) is 0 Å². The maximum absolute atomic E-state index is 11.8. The van der Waals surface area contributed by atoms with Gasteiger partial charge in [0.15, 0.2) is 0 Å². The fourth-order valence-electron chi connectivity index (χ4n) is 2.25. The molecule has 102 valence electrons. The third-order valence-electron chi connectivity index (χ3n) is 3.27. The summed E-state index contributed by atoms with van der Waals surface area (Å²) >= 11 is 0. The van der Waals surface area contributed by atoms with E-state index < -0.39 is 5.97 Å². The summed E-state index contributed by atoms with van der Waals surface area (Å²) in [5, 5.41) is 12.1. The summed E-state index contributed by atoms with van der Waals surface area (Å²) in [7, 11) is 0. The molecule has 1 fully saturated rings. The van der Waals surface area contributed by atoms with Crippen LogP contribution in [0.2, 0.25) is 0 Å². The summed E-state index contributed by atoms with van der Waals surface area (Å²) < 4.78 is 0. The summed E-state index contributed by atoms with van der Waals surface area (Å²) in [5.41, 5.74) is 0.792. The van der Waals surface area contributed by atoms with Gasteiger partial charge in [0.05, 0.1) is 5.56 Å². The van der Waals surface area contributed by atoms with E-state index in [4.69, 9.17) is 5.11 Å². The zero-order valence-corrected chi connectivity index (χ0v) is 10.8. The molecule has 1 aliphatic heterocycles. The lowest BCUT2D eigenvalue weighted by Gasteiger charge is -2.15. The summed E-state index contributed by atoms with van der Waals surface area (Å²) in [6.07, 6.45) is 2.57. The number of aromatic carboxylic acids is 1. The highest BCUT2D eigenvalue weighted by atomic mass is 16.4. The molecule has 0 atom stereocenters. The average Bonchev–Trinajstić information content (AvgIpc) is 2.93. The molecule has 2 N–H and O–H groups in total. The number of carbonyl (C=O) groups excluding carboxylic acids is 1. The molecule has 0 bridgehead atoms. The molecule has 0 unspecified atom stereocenters. The number of likely N-dealkylation sites (tertiary alicyclic amines) is 1. The van der Waals surface area contributed by atoms with Crippen LogP contribution in [0.4, 0.5) is 5.69 Å². The number of hydrogen-bond donors (Lipinski definition) is 2. The monoisotopic (exact) mass is 262 g/mol. The molecule has 0 saturated carbocycles. The Morgan fingerprint density at radius 2 is 1.89 bits per heavy atom. The number of carbonyl (C=O) groups is 2. The molecule has 1 amide bonds. The Hall–Kier alpha value is -2.04. The Morgan fingerprint density at radius 3 is 2.58 bits per heavy atom. The minimum absolute atomic E-state index is 0.137. The van der Waals surface area contributed by atoms with E-state index in [1.54, 1.807) is 24.3 Å². The predicted octanol–water partition coefficient (Wildman–Crippen LogP) is 1.81. The molecule has 5 nitrogen and oxygen atoms in total. The summed E-state index contributed by atoms with van der Waals surface area (Å²) in [6, 6.07) is 6.72. The van der Waals surface area contributed by atoms with Crippen molar-refractivity contribution < 1.29 is 14.7 Å². The van der Waals surface area contributed by atoms with Crippen molar-refractivity contribution >= 4 is 17.6 Å². The fourth-order valence-corrected chi connectivity index (χ4v) is 2.25. The lowest BCUT2D eigenvalue weighted by Crippen LogP contribution is -2.29. The maximum atomic E-state index is 11.8. The van der Waals surface area contributed by atoms with E-state index in [0.717, 1.165) is 25.9 Å². The normalized spacial score (nSPS) is 14.4. The second-order valence-corrected chi connectivity index (χ2v) is 4.62. The number of benzene rings is 1. The molecular weight excluding hydrogens is 244 g/mol. The quantitative estimate of drug-likeness (QED) is 0.849. The Labute approximate surface area is 112 Å². The van der Waals surface area contributed by atoms with Crippen LogP contribution in [-0.2, 0) is 4.79 Å². The van der Waals surface area contributed by atoms with Crippen molar-refractivity contribution in [2.24, 2.45) is 0 Å². The minimum atomic E-state index is -0.964. The number of anilines is 1. The van der Waals surface area contributed by atoms with Crippen LogP contribution in [0.3, 0.4) is 0 Å². The van der Waals surface area contributed by atoms with Gasteiger partial charge in [0.25, 0.3) is 0 Å². The Balaban J connectivity index is 1.85. The molecule has 0 aliphatic carbocycles. The third kappa shape index (κ3) is 3.47. The number of para-hydroxylation sites is 1. The predicted molar refractivity (Wildman–Crippen MR) is 72.3 cm³/mol. The second kappa shape index (κ2) is 6.22. The van der Waals surface area contributed by atoms with E-state index in [2.05, 4.69) is 5.32 Å².